The van der Waals surface area contributed by atoms with E-state index in [4.69, 9.17) is 10.7 Å². The zero-order valence-corrected chi connectivity index (χ0v) is 12.1. The number of hydrogen-bond donors (Lipinski definition) is 1. The van der Waals surface area contributed by atoms with Gasteiger partial charge >= 0.3 is 0 Å². The summed E-state index contributed by atoms with van der Waals surface area (Å²) in [7, 11) is 0. The standard InChI is InChI=1S/C17H20FN3/c18-13-7-5-11(6-8-13)15-16(19)21(14-9-10-14)17(20-15)12-3-1-2-4-12/h5-8,12,14H,1-4,9-10,19H2. The molecule has 110 valence electrons. The molecule has 2 aliphatic rings. The smallest absolute Gasteiger partial charge is 0.132 e. The number of nitrogens with two attached hydrogens (primary N) is 1. The lowest BCUT2D eigenvalue weighted by molar-refractivity contribution is 0.596. The van der Waals surface area contributed by atoms with Gasteiger partial charge in [-0.05, 0) is 49.9 Å². The molecule has 2 N–H and O–H groups in total. The molecule has 0 bridgehead atoms. The molecule has 1 aromatic carbocycles. The molecular weight excluding hydrogens is 265 g/mol. The average Bonchev–Trinajstić information content (AvgIpc) is 3.05. The van der Waals surface area contributed by atoms with Crippen LogP contribution in [0.25, 0.3) is 11.3 Å². The molecule has 4 heteroatoms. The third kappa shape index (κ3) is 2.23. The number of benzene rings is 1. The van der Waals surface area contributed by atoms with Gasteiger partial charge in [-0.1, -0.05) is 12.8 Å². The zero-order chi connectivity index (χ0) is 14.4. The normalized spacial score (nSPS) is 19.3. The highest BCUT2D eigenvalue weighted by atomic mass is 19.1. The molecule has 1 heterocycles. The topological polar surface area (TPSA) is 43.8 Å². The molecule has 0 unspecified atom stereocenters. The Balaban J connectivity index is 1.80. The Labute approximate surface area is 124 Å². The van der Waals surface area contributed by atoms with Gasteiger partial charge in [0.1, 0.15) is 23.2 Å². The van der Waals surface area contributed by atoms with Crippen LogP contribution in [0.15, 0.2) is 24.3 Å². The quantitative estimate of drug-likeness (QED) is 0.915. The molecule has 4 rings (SSSR count). The fourth-order valence-electron chi connectivity index (χ4n) is 3.47. The van der Waals surface area contributed by atoms with Crippen LogP contribution in [0.5, 0.6) is 0 Å². The lowest BCUT2D eigenvalue weighted by Gasteiger charge is -2.12. The largest absolute Gasteiger partial charge is 0.383 e. The van der Waals surface area contributed by atoms with Crippen molar-refractivity contribution in [1.82, 2.24) is 9.55 Å². The van der Waals surface area contributed by atoms with Gasteiger partial charge in [-0.15, -0.1) is 0 Å². The van der Waals surface area contributed by atoms with E-state index in [9.17, 15) is 4.39 Å². The van der Waals surface area contributed by atoms with Crippen molar-refractivity contribution in [2.24, 2.45) is 0 Å². The second kappa shape index (κ2) is 4.86. The van der Waals surface area contributed by atoms with Crippen molar-refractivity contribution in [3.8, 4) is 11.3 Å². The van der Waals surface area contributed by atoms with Gasteiger partial charge in [-0.25, -0.2) is 9.37 Å². The minimum absolute atomic E-state index is 0.227. The Morgan fingerprint density at radius 3 is 2.33 bits per heavy atom. The van der Waals surface area contributed by atoms with Gasteiger partial charge in [0.2, 0.25) is 0 Å². The summed E-state index contributed by atoms with van der Waals surface area (Å²) >= 11 is 0. The van der Waals surface area contributed by atoms with Crippen LogP contribution in [0.2, 0.25) is 0 Å². The summed E-state index contributed by atoms with van der Waals surface area (Å²) in [6.45, 7) is 0. The molecule has 0 atom stereocenters. The molecule has 0 aliphatic heterocycles. The van der Waals surface area contributed by atoms with Gasteiger partial charge in [-0.2, -0.15) is 0 Å². The Kier molecular flexibility index (Phi) is 2.98. The van der Waals surface area contributed by atoms with Crippen LogP contribution in [-0.4, -0.2) is 9.55 Å². The average molecular weight is 285 g/mol. The van der Waals surface area contributed by atoms with Gasteiger partial charge in [0.15, 0.2) is 0 Å². The van der Waals surface area contributed by atoms with Gasteiger partial charge in [-0.3, -0.25) is 0 Å². The molecular formula is C17H20FN3. The molecule has 21 heavy (non-hydrogen) atoms. The van der Waals surface area contributed by atoms with Gasteiger partial charge in [0, 0.05) is 17.5 Å². The fourth-order valence-corrected chi connectivity index (χ4v) is 3.47. The molecule has 2 aliphatic carbocycles. The summed E-state index contributed by atoms with van der Waals surface area (Å²) in [5, 5.41) is 0. The third-order valence-electron chi connectivity index (χ3n) is 4.73. The first-order valence-corrected chi connectivity index (χ1v) is 7.87. The van der Waals surface area contributed by atoms with E-state index in [0.29, 0.717) is 12.0 Å². The van der Waals surface area contributed by atoms with Crippen molar-refractivity contribution >= 4 is 5.82 Å². The Morgan fingerprint density at radius 2 is 1.71 bits per heavy atom. The predicted octanol–water partition coefficient (Wildman–Crippen LogP) is 4.26. The maximum absolute atomic E-state index is 13.1. The van der Waals surface area contributed by atoms with Crippen LogP contribution in [0, 0.1) is 5.82 Å². The molecule has 0 saturated heterocycles. The monoisotopic (exact) mass is 285 g/mol. The number of nitrogens with zero attached hydrogens (tertiary/aromatic N) is 2. The molecule has 2 saturated carbocycles. The van der Waals surface area contributed by atoms with Crippen LogP contribution in [-0.2, 0) is 0 Å². The van der Waals surface area contributed by atoms with Crippen molar-refractivity contribution in [2.75, 3.05) is 5.73 Å². The number of rotatable bonds is 3. The van der Waals surface area contributed by atoms with Crippen LogP contribution in [0.3, 0.4) is 0 Å². The molecule has 2 aromatic rings. The van der Waals surface area contributed by atoms with Crippen LogP contribution >= 0.6 is 0 Å². The highest BCUT2D eigenvalue weighted by Gasteiger charge is 2.33. The number of anilines is 1. The lowest BCUT2D eigenvalue weighted by Crippen LogP contribution is -2.08. The van der Waals surface area contributed by atoms with E-state index >= 15 is 0 Å². The first-order valence-electron chi connectivity index (χ1n) is 7.87. The number of halogens is 1. The molecule has 0 amide bonds. The van der Waals surface area contributed by atoms with E-state index < -0.39 is 0 Å². The summed E-state index contributed by atoms with van der Waals surface area (Å²) in [6.07, 6.45) is 7.40. The minimum Gasteiger partial charge on any atom is -0.383 e. The number of hydrogen-bond acceptors (Lipinski definition) is 2. The molecule has 0 radical (unpaired) electrons. The first-order chi connectivity index (χ1) is 10.2. The van der Waals surface area contributed by atoms with E-state index in [0.717, 1.165) is 22.9 Å². The highest BCUT2D eigenvalue weighted by Crippen LogP contribution is 2.45. The fraction of sp³-hybridized carbons (Fsp3) is 0.471. The molecule has 2 fully saturated rings. The van der Waals surface area contributed by atoms with Crippen LogP contribution in [0.1, 0.15) is 56.3 Å². The van der Waals surface area contributed by atoms with E-state index in [2.05, 4.69) is 4.57 Å². The minimum atomic E-state index is -0.227. The number of aromatic nitrogens is 2. The maximum Gasteiger partial charge on any atom is 0.132 e. The van der Waals surface area contributed by atoms with Gasteiger partial charge in [0.25, 0.3) is 0 Å². The maximum atomic E-state index is 13.1. The summed E-state index contributed by atoms with van der Waals surface area (Å²) in [4.78, 5) is 4.87. The van der Waals surface area contributed by atoms with Crippen molar-refractivity contribution in [3.63, 3.8) is 0 Å². The summed E-state index contributed by atoms with van der Waals surface area (Å²) in [5.74, 6) is 2.23. The molecule has 3 nitrogen and oxygen atoms in total. The Morgan fingerprint density at radius 1 is 1.05 bits per heavy atom. The zero-order valence-electron chi connectivity index (χ0n) is 12.1. The van der Waals surface area contributed by atoms with Crippen molar-refractivity contribution < 1.29 is 4.39 Å². The second-order valence-electron chi connectivity index (χ2n) is 6.29. The number of imidazole rings is 1. The van der Waals surface area contributed by atoms with Crippen molar-refractivity contribution in [1.29, 1.82) is 0 Å². The van der Waals surface area contributed by atoms with Crippen molar-refractivity contribution in [2.45, 2.75) is 50.5 Å². The first kappa shape index (κ1) is 12.9. The van der Waals surface area contributed by atoms with E-state index in [1.54, 1.807) is 12.1 Å². The van der Waals surface area contributed by atoms with E-state index in [1.807, 2.05) is 0 Å². The van der Waals surface area contributed by atoms with Gasteiger partial charge in [0.05, 0.1) is 0 Å². The van der Waals surface area contributed by atoms with E-state index in [1.165, 1.54) is 50.7 Å². The second-order valence-corrected chi connectivity index (χ2v) is 6.29. The highest BCUT2D eigenvalue weighted by molar-refractivity contribution is 5.71. The molecule has 0 spiro atoms. The molecule has 1 aromatic heterocycles. The van der Waals surface area contributed by atoms with Crippen molar-refractivity contribution in [3.05, 3.63) is 35.9 Å². The summed E-state index contributed by atoms with van der Waals surface area (Å²) < 4.78 is 15.4. The summed E-state index contributed by atoms with van der Waals surface area (Å²) in [6, 6.07) is 7.01. The summed E-state index contributed by atoms with van der Waals surface area (Å²) in [5.41, 5.74) is 8.12. The SMILES string of the molecule is Nc1c(-c2ccc(F)cc2)nc(C2CCCC2)n1C1CC1. The Hall–Kier alpha value is -1.84. The number of nitrogen functional groups attached to an aromatic ring is 1. The van der Waals surface area contributed by atoms with Crippen LogP contribution in [0.4, 0.5) is 10.2 Å². The van der Waals surface area contributed by atoms with Gasteiger partial charge < -0.3 is 10.3 Å². The third-order valence-corrected chi connectivity index (χ3v) is 4.73. The Bertz CT molecular complexity index is 649. The van der Waals surface area contributed by atoms with Crippen LogP contribution < -0.4 is 5.73 Å². The van der Waals surface area contributed by atoms with E-state index in [-0.39, 0.29) is 5.82 Å². The lowest BCUT2D eigenvalue weighted by atomic mass is 10.1. The predicted molar refractivity (Wildman–Crippen MR) is 81.5 cm³/mol.